The van der Waals surface area contributed by atoms with Crippen LogP contribution in [0, 0.1) is 0 Å². The number of nitrogens with one attached hydrogen (secondary N) is 1. The largest absolute Gasteiger partial charge is 0.458 e. The molecule has 0 bridgehead atoms. The zero-order chi connectivity index (χ0) is 19.0. The van der Waals surface area contributed by atoms with Crippen molar-refractivity contribution < 1.29 is 9.53 Å². The van der Waals surface area contributed by atoms with Gasteiger partial charge in [0.05, 0.1) is 16.6 Å². The highest BCUT2D eigenvalue weighted by molar-refractivity contribution is 7.15. The van der Waals surface area contributed by atoms with Gasteiger partial charge in [0.15, 0.2) is 4.96 Å². The van der Waals surface area contributed by atoms with Crippen LogP contribution < -0.4 is 16.8 Å². The summed E-state index contributed by atoms with van der Waals surface area (Å²) in [5.41, 5.74) is -0.884. The lowest BCUT2D eigenvalue weighted by Gasteiger charge is -2.07. The third-order valence-electron chi connectivity index (χ3n) is 3.91. The third-order valence-corrected chi connectivity index (χ3v) is 4.67. The number of aromatic nitrogens is 4. The fourth-order valence-electron chi connectivity index (χ4n) is 2.63. The maximum atomic E-state index is 12.4. The van der Waals surface area contributed by atoms with Crippen LogP contribution in [-0.4, -0.2) is 24.9 Å². The Morgan fingerprint density at radius 1 is 1.22 bits per heavy atom. The van der Waals surface area contributed by atoms with Crippen molar-refractivity contribution in [2.45, 2.75) is 13.2 Å². The minimum absolute atomic E-state index is 0.233. The van der Waals surface area contributed by atoms with Crippen LogP contribution >= 0.6 is 11.3 Å². The molecule has 0 radical (unpaired) electrons. The molecule has 4 rings (SSSR count). The molecule has 136 valence electrons. The molecule has 0 aliphatic heterocycles. The highest BCUT2D eigenvalue weighted by Gasteiger charge is 2.13. The Morgan fingerprint density at radius 3 is 2.89 bits per heavy atom. The monoisotopic (exact) mass is 384 g/mol. The SMILES string of the molecule is O=C(Cn1c(=O)[nH]c2ccccc2c1=O)OCc1cc(=O)n2ccsc2n1. The predicted octanol–water partition coefficient (Wildman–Crippen LogP) is 0.503. The lowest BCUT2D eigenvalue weighted by Crippen LogP contribution is -2.37. The molecule has 0 spiro atoms. The third kappa shape index (κ3) is 3.17. The van der Waals surface area contributed by atoms with E-state index >= 15 is 0 Å². The zero-order valence-electron chi connectivity index (χ0n) is 13.7. The maximum Gasteiger partial charge on any atom is 0.329 e. The Balaban J connectivity index is 1.54. The molecule has 0 aliphatic carbocycles. The summed E-state index contributed by atoms with van der Waals surface area (Å²) in [4.78, 5) is 55.7. The number of rotatable bonds is 4. The van der Waals surface area contributed by atoms with Gasteiger partial charge >= 0.3 is 11.7 Å². The number of hydrogen-bond acceptors (Lipinski definition) is 7. The van der Waals surface area contributed by atoms with Crippen molar-refractivity contribution >= 4 is 33.2 Å². The fraction of sp³-hybridized carbons (Fsp3) is 0.118. The quantitative estimate of drug-likeness (QED) is 0.513. The van der Waals surface area contributed by atoms with Crippen LogP contribution in [0.2, 0.25) is 0 Å². The van der Waals surface area contributed by atoms with E-state index in [1.807, 2.05) is 0 Å². The van der Waals surface area contributed by atoms with E-state index in [4.69, 9.17) is 4.74 Å². The normalized spacial score (nSPS) is 11.1. The summed E-state index contributed by atoms with van der Waals surface area (Å²) < 4.78 is 7.23. The molecular formula is C17H12N4O5S. The lowest BCUT2D eigenvalue weighted by molar-refractivity contribution is -0.145. The Bertz CT molecular complexity index is 1350. The number of nitrogens with zero attached hydrogens (tertiary/aromatic N) is 3. The number of hydrogen-bond donors (Lipinski definition) is 1. The van der Waals surface area contributed by atoms with Gasteiger partial charge in [-0.3, -0.25) is 18.8 Å². The molecule has 0 amide bonds. The van der Waals surface area contributed by atoms with Crippen molar-refractivity contribution in [1.29, 1.82) is 0 Å². The molecule has 3 heterocycles. The molecule has 3 aromatic heterocycles. The summed E-state index contributed by atoms with van der Waals surface area (Å²) in [5.74, 6) is -0.786. The number of benzene rings is 1. The molecular weight excluding hydrogens is 372 g/mol. The second-order valence-electron chi connectivity index (χ2n) is 5.67. The number of ether oxygens (including phenoxy) is 1. The van der Waals surface area contributed by atoms with E-state index < -0.39 is 23.8 Å². The molecule has 27 heavy (non-hydrogen) atoms. The molecule has 0 aliphatic rings. The van der Waals surface area contributed by atoms with E-state index in [1.54, 1.807) is 35.8 Å². The van der Waals surface area contributed by atoms with Crippen molar-refractivity contribution in [1.82, 2.24) is 18.9 Å². The molecule has 0 fully saturated rings. The maximum absolute atomic E-state index is 12.4. The van der Waals surface area contributed by atoms with Crippen molar-refractivity contribution in [2.75, 3.05) is 0 Å². The van der Waals surface area contributed by atoms with Crippen molar-refractivity contribution in [3.63, 3.8) is 0 Å². The first-order chi connectivity index (χ1) is 13.0. The molecule has 10 heteroatoms. The number of H-pyrrole nitrogens is 1. The van der Waals surface area contributed by atoms with E-state index in [2.05, 4.69) is 9.97 Å². The van der Waals surface area contributed by atoms with Crippen LogP contribution in [0.3, 0.4) is 0 Å². The lowest BCUT2D eigenvalue weighted by atomic mass is 10.2. The fourth-order valence-corrected chi connectivity index (χ4v) is 3.37. The summed E-state index contributed by atoms with van der Waals surface area (Å²) in [6.07, 6.45) is 1.60. The number of carbonyl (C=O) groups excluding carboxylic acids is 1. The van der Waals surface area contributed by atoms with Gasteiger partial charge in [0.25, 0.3) is 11.1 Å². The van der Waals surface area contributed by atoms with E-state index in [1.165, 1.54) is 21.8 Å². The van der Waals surface area contributed by atoms with Crippen molar-refractivity contribution in [2.24, 2.45) is 0 Å². The van der Waals surface area contributed by atoms with Crippen LogP contribution in [0.5, 0.6) is 0 Å². The molecule has 1 N–H and O–H groups in total. The molecule has 0 saturated carbocycles. The number of esters is 1. The van der Waals surface area contributed by atoms with Gasteiger partial charge < -0.3 is 9.72 Å². The smallest absolute Gasteiger partial charge is 0.329 e. The summed E-state index contributed by atoms with van der Waals surface area (Å²) in [6, 6.07) is 7.78. The molecule has 9 nitrogen and oxygen atoms in total. The second kappa shape index (κ2) is 6.65. The average molecular weight is 384 g/mol. The van der Waals surface area contributed by atoms with Gasteiger partial charge in [0.1, 0.15) is 13.2 Å². The van der Waals surface area contributed by atoms with Gasteiger partial charge in [0, 0.05) is 17.6 Å². The topological polar surface area (TPSA) is 116 Å². The average Bonchev–Trinajstić information content (AvgIpc) is 3.13. The van der Waals surface area contributed by atoms with Crippen LogP contribution in [0.25, 0.3) is 15.9 Å². The minimum atomic E-state index is -0.786. The minimum Gasteiger partial charge on any atom is -0.458 e. The molecule has 0 unspecified atom stereocenters. The summed E-state index contributed by atoms with van der Waals surface area (Å²) in [7, 11) is 0. The van der Waals surface area contributed by atoms with Crippen LogP contribution in [0.1, 0.15) is 5.69 Å². The Labute approximate surface area is 154 Å². The van der Waals surface area contributed by atoms with Crippen molar-refractivity contribution in [3.05, 3.63) is 78.8 Å². The van der Waals surface area contributed by atoms with Gasteiger partial charge in [-0.05, 0) is 12.1 Å². The first-order valence-electron chi connectivity index (χ1n) is 7.86. The highest BCUT2D eigenvalue weighted by Crippen LogP contribution is 2.07. The van der Waals surface area contributed by atoms with Gasteiger partial charge in [0.2, 0.25) is 0 Å². The van der Waals surface area contributed by atoms with Gasteiger partial charge in [-0.2, -0.15) is 0 Å². The highest BCUT2D eigenvalue weighted by atomic mass is 32.1. The number of fused-ring (bicyclic) bond motifs is 2. The van der Waals surface area contributed by atoms with E-state index in [-0.39, 0.29) is 17.9 Å². The number of aromatic amines is 1. The van der Waals surface area contributed by atoms with Gasteiger partial charge in [-0.1, -0.05) is 12.1 Å². The standard InChI is InChI=1S/C17H12N4O5S/c22-13-7-10(18-17-20(13)5-6-27-17)9-26-14(23)8-21-15(24)11-3-1-2-4-12(11)19-16(21)25/h1-7H,8-9H2,(H,19,25). The first-order valence-corrected chi connectivity index (χ1v) is 8.74. The summed E-state index contributed by atoms with van der Waals surface area (Å²) in [5, 5.41) is 2.01. The van der Waals surface area contributed by atoms with E-state index in [9.17, 15) is 19.2 Å². The molecule has 1 aromatic carbocycles. The summed E-state index contributed by atoms with van der Waals surface area (Å²) >= 11 is 1.28. The second-order valence-corrected chi connectivity index (χ2v) is 6.54. The van der Waals surface area contributed by atoms with Crippen LogP contribution in [0.15, 0.2) is 56.3 Å². The summed E-state index contributed by atoms with van der Waals surface area (Å²) in [6.45, 7) is -0.776. The van der Waals surface area contributed by atoms with E-state index in [0.717, 1.165) is 4.57 Å². The number of para-hydroxylation sites is 1. The zero-order valence-corrected chi connectivity index (χ0v) is 14.6. The van der Waals surface area contributed by atoms with E-state index in [0.29, 0.717) is 15.9 Å². The van der Waals surface area contributed by atoms with Crippen LogP contribution in [-0.2, 0) is 22.7 Å². The van der Waals surface area contributed by atoms with Gasteiger partial charge in [-0.15, -0.1) is 11.3 Å². The Morgan fingerprint density at radius 2 is 2.04 bits per heavy atom. The number of thiazole rings is 1. The first kappa shape index (κ1) is 16.9. The van der Waals surface area contributed by atoms with Crippen LogP contribution in [0.4, 0.5) is 0 Å². The predicted molar refractivity (Wildman–Crippen MR) is 98.0 cm³/mol. The molecule has 0 saturated heterocycles. The molecule has 4 aromatic rings. The van der Waals surface area contributed by atoms with Crippen molar-refractivity contribution in [3.8, 4) is 0 Å². The van der Waals surface area contributed by atoms with Gasteiger partial charge in [-0.25, -0.2) is 14.3 Å². The Hall–Kier alpha value is -3.53. The molecule has 0 atom stereocenters. The number of carbonyl (C=O) groups is 1. The Kier molecular flexibility index (Phi) is 4.16.